The second-order valence-corrected chi connectivity index (χ2v) is 6.98. The quantitative estimate of drug-likeness (QED) is 0.458. The van der Waals surface area contributed by atoms with Crippen LogP contribution in [0.15, 0.2) is 23.1 Å². The Morgan fingerprint density at radius 3 is 2.33 bits per heavy atom. The Balaban J connectivity index is 2.33. The predicted molar refractivity (Wildman–Crippen MR) is 64.3 cm³/mol. The summed E-state index contributed by atoms with van der Waals surface area (Å²) < 4.78 is 73.0. The summed E-state index contributed by atoms with van der Waals surface area (Å²) in [5.41, 5.74) is -1.15. The van der Waals surface area contributed by atoms with E-state index >= 15 is 0 Å². The van der Waals surface area contributed by atoms with E-state index in [1.807, 2.05) is 0 Å². The highest BCUT2D eigenvalue weighted by Crippen LogP contribution is 3.02. The van der Waals surface area contributed by atoms with E-state index in [4.69, 9.17) is 9.47 Å². The summed E-state index contributed by atoms with van der Waals surface area (Å²) in [6, 6.07) is 0.417. The number of nitro groups is 1. The number of benzene rings is 1. The first-order valence-corrected chi connectivity index (χ1v) is 7.55. The van der Waals surface area contributed by atoms with Crippen LogP contribution in [0.2, 0.25) is 0 Å². The van der Waals surface area contributed by atoms with Crippen LogP contribution < -0.4 is 4.74 Å². The highest BCUT2D eigenvalue weighted by atomic mass is 32.5. The largest absolute Gasteiger partial charge is 0.486 e. The van der Waals surface area contributed by atoms with E-state index < -0.39 is 31.5 Å². The van der Waals surface area contributed by atoms with Crippen LogP contribution in [-0.2, 0) is 4.74 Å². The van der Waals surface area contributed by atoms with Crippen LogP contribution in [-0.4, -0.2) is 24.7 Å². The minimum absolute atomic E-state index is 0.00338. The minimum Gasteiger partial charge on any atom is -0.486 e. The van der Waals surface area contributed by atoms with Gasteiger partial charge in [0.1, 0.15) is 4.90 Å². The Kier molecular flexibility index (Phi) is 3.15. The number of ether oxygens (including phenoxy) is 2. The van der Waals surface area contributed by atoms with Gasteiger partial charge in [-0.15, -0.1) is 0 Å². The summed E-state index contributed by atoms with van der Waals surface area (Å²) in [6.45, 7) is 0.741. The second-order valence-electron chi connectivity index (χ2n) is 4.57. The maximum absolute atomic E-state index is 12.6. The molecule has 0 amide bonds. The molecule has 1 fully saturated rings. The van der Waals surface area contributed by atoms with Crippen molar-refractivity contribution >= 4 is 15.9 Å². The third-order valence-corrected chi connectivity index (χ3v) is 3.90. The van der Waals surface area contributed by atoms with Gasteiger partial charge in [0.2, 0.25) is 0 Å². The van der Waals surface area contributed by atoms with Crippen LogP contribution in [0.3, 0.4) is 0 Å². The zero-order valence-corrected chi connectivity index (χ0v) is 11.1. The zero-order chi connectivity index (χ0) is 16.0. The summed E-state index contributed by atoms with van der Waals surface area (Å²) in [4.78, 5) is 7.23. The number of halogens is 5. The van der Waals surface area contributed by atoms with Crippen LogP contribution in [0.5, 0.6) is 5.75 Å². The van der Waals surface area contributed by atoms with Crippen LogP contribution >= 0.6 is 10.2 Å². The van der Waals surface area contributed by atoms with Gasteiger partial charge in [0, 0.05) is 12.0 Å². The highest BCUT2D eigenvalue weighted by Gasteiger charge is 2.66. The molecule has 1 aromatic carbocycles. The SMILES string of the molecule is O=[N+]([O-])c1cc(S(F)(F)(F)(F)F)ccc1OCC1COC1. The molecule has 1 aromatic rings. The Bertz CT molecular complexity index is 587. The van der Waals surface area contributed by atoms with E-state index in [2.05, 4.69) is 0 Å². The van der Waals surface area contributed by atoms with Gasteiger partial charge in [0.05, 0.1) is 24.7 Å². The van der Waals surface area contributed by atoms with Crippen molar-refractivity contribution in [2.24, 2.45) is 5.92 Å². The lowest BCUT2D eigenvalue weighted by Crippen LogP contribution is -2.32. The lowest BCUT2D eigenvalue weighted by atomic mass is 10.1. The summed E-state index contributed by atoms with van der Waals surface area (Å²) in [7, 11) is -9.96. The molecule has 21 heavy (non-hydrogen) atoms. The van der Waals surface area contributed by atoms with Crippen molar-refractivity contribution in [1.82, 2.24) is 0 Å². The summed E-state index contributed by atoms with van der Waals surface area (Å²) >= 11 is 0. The Morgan fingerprint density at radius 1 is 1.29 bits per heavy atom. The zero-order valence-electron chi connectivity index (χ0n) is 10.3. The number of nitrogens with zero attached hydrogens (tertiary/aromatic N) is 1. The minimum atomic E-state index is -9.96. The fourth-order valence-corrected chi connectivity index (χ4v) is 2.25. The highest BCUT2D eigenvalue weighted by molar-refractivity contribution is 8.45. The lowest BCUT2D eigenvalue weighted by Gasteiger charge is -2.40. The first-order valence-electron chi connectivity index (χ1n) is 5.60. The van der Waals surface area contributed by atoms with E-state index in [0.29, 0.717) is 19.3 Å². The maximum Gasteiger partial charge on any atom is 0.312 e. The van der Waals surface area contributed by atoms with Gasteiger partial charge in [-0.1, -0.05) is 19.4 Å². The molecular formula is C10H10F5NO4S. The molecule has 120 valence electrons. The second kappa shape index (κ2) is 4.19. The van der Waals surface area contributed by atoms with E-state index in [-0.39, 0.29) is 24.7 Å². The molecule has 0 aliphatic carbocycles. The molecule has 1 aliphatic rings. The van der Waals surface area contributed by atoms with E-state index in [1.165, 1.54) is 0 Å². The summed E-state index contributed by atoms with van der Waals surface area (Å²) in [5.74, 6) is -0.516. The van der Waals surface area contributed by atoms with E-state index in [0.717, 1.165) is 0 Å². The molecule has 2 rings (SSSR count). The molecule has 0 N–H and O–H groups in total. The molecule has 1 heterocycles. The van der Waals surface area contributed by atoms with Crippen LogP contribution in [0.4, 0.5) is 25.1 Å². The molecule has 0 radical (unpaired) electrons. The van der Waals surface area contributed by atoms with Crippen molar-refractivity contribution in [3.8, 4) is 5.75 Å². The summed E-state index contributed by atoms with van der Waals surface area (Å²) in [5, 5.41) is 10.7. The number of nitro benzene ring substituents is 1. The molecule has 1 aliphatic heterocycles. The first-order chi connectivity index (χ1) is 9.36. The molecule has 0 unspecified atom stereocenters. The van der Waals surface area contributed by atoms with E-state index in [9.17, 15) is 29.5 Å². The molecule has 11 heteroatoms. The van der Waals surface area contributed by atoms with Crippen LogP contribution in [0.25, 0.3) is 0 Å². The van der Waals surface area contributed by atoms with Gasteiger partial charge >= 0.3 is 15.9 Å². The van der Waals surface area contributed by atoms with Gasteiger partial charge in [-0.25, -0.2) is 0 Å². The van der Waals surface area contributed by atoms with Gasteiger partial charge in [-0.05, 0) is 12.1 Å². The lowest BCUT2D eigenvalue weighted by molar-refractivity contribution is -0.386. The molecular weight excluding hydrogens is 325 g/mol. The average molecular weight is 335 g/mol. The number of hydrogen-bond acceptors (Lipinski definition) is 4. The van der Waals surface area contributed by atoms with Gasteiger partial charge in [0.15, 0.2) is 5.75 Å². The monoisotopic (exact) mass is 335 g/mol. The Hall–Kier alpha value is -1.62. The number of rotatable bonds is 5. The first kappa shape index (κ1) is 15.8. The molecule has 0 saturated carbocycles. The molecule has 0 aromatic heterocycles. The van der Waals surface area contributed by atoms with Crippen molar-refractivity contribution in [1.29, 1.82) is 0 Å². The topological polar surface area (TPSA) is 61.6 Å². The van der Waals surface area contributed by atoms with Crippen molar-refractivity contribution in [2.75, 3.05) is 19.8 Å². The predicted octanol–water partition coefficient (Wildman–Crippen LogP) is 4.28. The van der Waals surface area contributed by atoms with Crippen molar-refractivity contribution in [2.45, 2.75) is 4.90 Å². The maximum atomic E-state index is 12.6. The molecule has 1 saturated heterocycles. The van der Waals surface area contributed by atoms with Crippen molar-refractivity contribution in [3.63, 3.8) is 0 Å². The Morgan fingerprint density at radius 2 is 1.90 bits per heavy atom. The summed E-state index contributed by atoms with van der Waals surface area (Å²) in [6.07, 6.45) is 0. The number of hydrogen-bond donors (Lipinski definition) is 0. The Labute approximate surface area is 115 Å². The average Bonchev–Trinajstić information content (AvgIpc) is 2.23. The third kappa shape index (κ3) is 3.73. The molecule has 0 bridgehead atoms. The normalized spacial score (nSPS) is 19.3. The molecule has 0 atom stereocenters. The fourth-order valence-electron chi connectivity index (χ4n) is 1.59. The van der Waals surface area contributed by atoms with Gasteiger partial charge in [-0.3, -0.25) is 10.1 Å². The van der Waals surface area contributed by atoms with Crippen LogP contribution in [0.1, 0.15) is 0 Å². The molecule has 5 nitrogen and oxygen atoms in total. The van der Waals surface area contributed by atoms with Gasteiger partial charge in [0.25, 0.3) is 0 Å². The van der Waals surface area contributed by atoms with Crippen LogP contribution in [0, 0.1) is 16.0 Å². The van der Waals surface area contributed by atoms with Crippen molar-refractivity contribution in [3.05, 3.63) is 28.3 Å². The van der Waals surface area contributed by atoms with Crippen molar-refractivity contribution < 1.29 is 33.8 Å². The van der Waals surface area contributed by atoms with Gasteiger partial charge in [-0.2, -0.15) is 0 Å². The molecule has 0 spiro atoms. The third-order valence-electron chi connectivity index (χ3n) is 2.75. The smallest absolute Gasteiger partial charge is 0.312 e. The fraction of sp³-hybridized carbons (Fsp3) is 0.400. The standard InChI is InChI=1S/C10H10F5NO4S/c11-21(12,13,14,15)8-1-2-10(9(3-8)16(17)18)20-6-7-4-19-5-7/h1-3,7H,4-6H2. The van der Waals surface area contributed by atoms with E-state index in [1.54, 1.807) is 0 Å². The van der Waals surface area contributed by atoms with Gasteiger partial charge < -0.3 is 9.47 Å².